The maximum atomic E-state index is 11.6. The first-order chi connectivity index (χ1) is 9.17. The highest BCUT2D eigenvalue weighted by molar-refractivity contribution is 7.91. The molecule has 20 heavy (non-hydrogen) atoms. The van der Waals surface area contributed by atoms with Gasteiger partial charge in [-0.25, -0.2) is 8.42 Å². The number of rotatable bonds is 3. The van der Waals surface area contributed by atoms with E-state index in [4.69, 9.17) is 0 Å². The summed E-state index contributed by atoms with van der Waals surface area (Å²) in [6.07, 6.45) is 0. The van der Waals surface area contributed by atoms with E-state index in [-0.39, 0.29) is 6.04 Å². The minimum atomic E-state index is -2.82. The third kappa shape index (κ3) is 3.93. The molecule has 3 nitrogen and oxygen atoms in total. The van der Waals surface area contributed by atoms with Crippen LogP contribution in [0.15, 0.2) is 24.3 Å². The van der Waals surface area contributed by atoms with Crippen molar-refractivity contribution in [3.63, 3.8) is 0 Å². The predicted octanol–water partition coefficient (Wildman–Crippen LogP) is 1.85. The number of hydrogen-bond acceptors (Lipinski definition) is 3. The molecule has 1 fully saturated rings. The van der Waals surface area contributed by atoms with Gasteiger partial charge in [-0.3, -0.25) is 4.90 Å². The topological polar surface area (TPSA) is 37.4 Å². The Kier molecular flexibility index (Phi) is 4.42. The lowest BCUT2D eigenvalue weighted by Crippen LogP contribution is -2.46. The monoisotopic (exact) mass is 311 g/mol. The zero-order chi connectivity index (χ0) is 15.0. The highest BCUT2D eigenvalue weighted by Crippen LogP contribution is 2.15. The Hall–Kier alpha value is -0.653. The van der Waals surface area contributed by atoms with Crippen LogP contribution in [0.4, 0.5) is 0 Å². The molecular weight excluding hydrogens is 286 g/mol. The normalized spacial score (nSPS) is 23.7. The molecule has 1 saturated heterocycles. The number of sulfone groups is 1. The minimum absolute atomic E-state index is 0.116. The number of hydrogen-bond donors (Lipinski definition) is 0. The van der Waals surface area contributed by atoms with Crippen molar-refractivity contribution in [2.45, 2.75) is 39.2 Å². The number of benzene rings is 1. The highest BCUT2D eigenvalue weighted by atomic mass is 32.2. The molecule has 0 N–H and O–H groups in total. The van der Waals surface area contributed by atoms with Crippen LogP contribution in [0.1, 0.15) is 12.5 Å². The van der Waals surface area contributed by atoms with E-state index in [0.717, 1.165) is 6.54 Å². The van der Waals surface area contributed by atoms with Crippen molar-refractivity contribution in [3.05, 3.63) is 29.8 Å². The summed E-state index contributed by atoms with van der Waals surface area (Å²) < 4.78 is 23.2. The first kappa shape index (κ1) is 15.7. The lowest BCUT2D eigenvalue weighted by molar-refractivity contribution is 0.218. The van der Waals surface area contributed by atoms with Gasteiger partial charge in [0.25, 0.3) is 0 Å². The summed E-state index contributed by atoms with van der Waals surface area (Å²) in [4.78, 5) is 2.27. The Morgan fingerprint density at radius 2 is 1.80 bits per heavy atom. The molecule has 5 heteroatoms. The van der Waals surface area contributed by atoms with Gasteiger partial charge in [0.2, 0.25) is 0 Å². The van der Waals surface area contributed by atoms with Crippen molar-refractivity contribution in [1.82, 2.24) is 4.90 Å². The molecule has 0 aliphatic carbocycles. The van der Waals surface area contributed by atoms with E-state index in [1.54, 1.807) is 0 Å². The van der Waals surface area contributed by atoms with E-state index in [9.17, 15) is 8.42 Å². The molecule has 1 atom stereocenters. The summed E-state index contributed by atoms with van der Waals surface area (Å²) in [6, 6.07) is 9.00. The summed E-state index contributed by atoms with van der Waals surface area (Å²) in [5.41, 5.74) is 1.28. The molecule has 1 heterocycles. The van der Waals surface area contributed by atoms with Gasteiger partial charge >= 0.3 is 0 Å². The lowest BCUT2D eigenvalue weighted by atomic mass is 10.2. The Labute approximate surface area is 123 Å². The molecule has 1 unspecified atom stereocenters. The third-order valence-electron chi connectivity index (χ3n) is 4.01. The second-order valence-electron chi connectivity index (χ2n) is 6.88. The summed E-state index contributed by atoms with van der Waals surface area (Å²) in [6.45, 7) is 10.5. The molecule has 112 valence electrons. The van der Waals surface area contributed by atoms with Crippen LogP contribution >= 0.6 is 0 Å². The van der Waals surface area contributed by atoms with Crippen molar-refractivity contribution in [3.8, 4) is 0 Å². The molecule has 1 aliphatic rings. The molecular formula is C15H25NO2SSi. The van der Waals surface area contributed by atoms with Crippen molar-refractivity contribution >= 4 is 23.1 Å². The SMILES string of the molecule is CC1CS(=O)(=O)CCN1Cc1ccc([Si](C)(C)C)cc1. The van der Waals surface area contributed by atoms with Gasteiger partial charge in [0.15, 0.2) is 9.84 Å². The molecule has 0 saturated carbocycles. The summed E-state index contributed by atoms with van der Waals surface area (Å²) in [5, 5.41) is 1.47. The average molecular weight is 312 g/mol. The van der Waals surface area contributed by atoms with Crippen LogP contribution in [0.5, 0.6) is 0 Å². The van der Waals surface area contributed by atoms with E-state index in [1.807, 2.05) is 6.92 Å². The van der Waals surface area contributed by atoms with Gasteiger partial charge in [-0.05, 0) is 12.5 Å². The van der Waals surface area contributed by atoms with E-state index in [1.165, 1.54) is 10.8 Å². The summed E-state index contributed by atoms with van der Waals surface area (Å²) >= 11 is 0. The van der Waals surface area contributed by atoms with E-state index in [2.05, 4.69) is 48.8 Å². The third-order valence-corrected chi connectivity index (χ3v) is 7.87. The van der Waals surface area contributed by atoms with Crippen molar-refractivity contribution in [1.29, 1.82) is 0 Å². The van der Waals surface area contributed by atoms with Gasteiger partial charge in [-0.2, -0.15) is 0 Å². The number of nitrogens with zero attached hydrogens (tertiary/aromatic N) is 1. The van der Waals surface area contributed by atoms with Gasteiger partial charge in [0, 0.05) is 19.1 Å². The fraction of sp³-hybridized carbons (Fsp3) is 0.600. The van der Waals surface area contributed by atoms with Crippen molar-refractivity contribution < 1.29 is 8.42 Å². The second-order valence-corrected chi connectivity index (χ2v) is 14.2. The molecule has 1 aromatic carbocycles. The minimum Gasteiger partial charge on any atom is -0.294 e. The quantitative estimate of drug-likeness (QED) is 0.800. The van der Waals surface area contributed by atoms with Crippen molar-refractivity contribution in [2.24, 2.45) is 0 Å². The van der Waals surface area contributed by atoms with Gasteiger partial charge in [-0.15, -0.1) is 0 Å². The maximum absolute atomic E-state index is 11.6. The Morgan fingerprint density at radius 3 is 2.30 bits per heavy atom. The standard InChI is InChI=1S/C15H25NO2SSi/c1-13-12-19(17,18)10-9-16(13)11-14-5-7-15(8-6-14)20(2,3)4/h5-8,13H,9-12H2,1-4H3. The predicted molar refractivity (Wildman–Crippen MR) is 87.9 cm³/mol. The fourth-order valence-electron chi connectivity index (χ4n) is 2.61. The molecule has 0 bridgehead atoms. The van der Waals surface area contributed by atoms with Crippen LogP contribution in [0.3, 0.4) is 0 Å². The summed E-state index contributed by atoms with van der Waals surface area (Å²) in [7, 11) is -4.05. The average Bonchev–Trinajstić information content (AvgIpc) is 2.32. The van der Waals surface area contributed by atoms with Gasteiger partial charge < -0.3 is 0 Å². The Balaban J connectivity index is 2.04. The molecule has 0 radical (unpaired) electrons. The van der Waals surface area contributed by atoms with Gasteiger partial charge in [-0.1, -0.05) is 49.1 Å². The van der Waals surface area contributed by atoms with Crippen LogP contribution in [0.2, 0.25) is 19.6 Å². The van der Waals surface area contributed by atoms with Crippen LogP contribution < -0.4 is 5.19 Å². The van der Waals surface area contributed by atoms with Crippen LogP contribution in [0, 0.1) is 0 Å². The molecule has 1 aromatic rings. The first-order valence-electron chi connectivity index (χ1n) is 7.21. The first-order valence-corrected chi connectivity index (χ1v) is 12.5. The van der Waals surface area contributed by atoms with Crippen LogP contribution in [-0.4, -0.2) is 45.5 Å². The molecule has 2 rings (SSSR count). The largest absolute Gasteiger partial charge is 0.294 e. The molecule has 0 amide bonds. The lowest BCUT2D eigenvalue weighted by Gasteiger charge is -2.33. The second kappa shape index (κ2) is 5.62. The Bertz CT molecular complexity index is 561. The van der Waals surface area contributed by atoms with E-state index in [0.29, 0.717) is 18.1 Å². The Morgan fingerprint density at radius 1 is 1.20 bits per heavy atom. The fourth-order valence-corrected chi connectivity index (χ4v) is 5.40. The molecule has 0 aromatic heterocycles. The van der Waals surface area contributed by atoms with E-state index < -0.39 is 17.9 Å². The van der Waals surface area contributed by atoms with E-state index >= 15 is 0 Å². The maximum Gasteiger partial charge on any atom is 0.153 e. The smallest absolute Gasteiger partial charge is 0.153 e. The highest BCUT2D eigenvalue weighted by Gasteiger charge is 2.27. The zero-order valence-electron chi connectivity index (χ0n) is 12.9. The van der Waals surface area contributed by atoms with Gasteiger partial charge in [0.1, 0.15) is 0 Å². The van der Waals surface area contributed by atoms with Crippen molar-refractivity contribution in [2.75, 3.05) is 18.1 Å². The zero-order valence-corrected chi connectivity index (χ0v) is 14.7. The van der Waals surface area contributed by atoms with Crippen LogP contribution in [0.25, 0.3) is 0 Å². The summed E-state index contributed by atoms with van der Waals surface area (Å²) in [5.74, 6) is 0.588. The molecule has 1 aliphatic heterocycles. The van der Waals surface area contributed by atoms with Crippen LogP contribution in [-0.2, 0) is 16.4 Å². The molecule has 0 spiro atoms. The van der Waals surface area contributed by atoms with Gasteiger partial charge in [0.05, 0.1) is 19.6 Å².